The van der Waals surface area contributed by atoms with Crippen LogP contribution < -0.4 is 5.32 Å². The molecule has 0 radical (unpaired) electrons. The Balaban J connectivity index is 2.24. The molecular weight excluding hydrogens is 232 g/mol. The molecule has 1 heterocycles. The second-order valence-corrected chi connectivity index (χ2v) is 4.11. The van der Waals surface area contributed by atoms with E-state index < -0.39 is 6.04 Å². The molecule has 2 N–H and O–H groups in total. The second-order valence-electron chi connectivity index (χ2n) is 4.11. The summed E-state index contributed by atoms with van der Waals surface area (Å²) in [7, 11) is 0. The second kappa shape index (κ2) is 5.08. The van der Waals surface area contributed by atoms with Gasteiger partial charge in [-0.05, 0) is 26.0 Å². The van der Waals surface area contributed by atoms with E-state index in [2.05, 4.69) is 10.3 Å². The average molecular weight is 248 g/mol. The van der Waals surface area contributed by atoms with E-state index in [1.165, 1.54) is 0 Å². The van der Waals surface area contributed by atoms with Crippen LogP contribution >= 0.6 is 0 Å². The van der Waals surface area contributed by atoms with E-state index in [9.17, 15) is 9.90 Å². The minimum atomic E-state index is -0.556. The topological polar surface area (TPSA) is 70.9 Å². The highest BCUT2D eigenvalue weighted by Gasteiger charge is 2.34. The summed E-state index contributed by atoms with van der Waals surface area (Å²) in [6, 6.07) is 6.22. The number of rotatable bonds is 3. The van der Waals surface area contributed by atoms with Crippen molar-refractivity contribution in [2.24, 2.45) is 4.99 Å². The Hall–Kier alpha value is -2.04. The Bertz CT molecular complexity index is 485. The third-order valence-electron chi connectivity index (χ3n) is 2.75. The first kappa shape index (κ1) is 12.4. The van der Waals surface area contributed by atoms with E-state index in [-0.39, 0.29) is 17.8 Å². The number of carbonyl (C=O) groups excluding carboxylic acids is 1. The van der Waals surface area contributed by atoms with Gasteiger partial charge in [0.2, 0.25) is 11.8 Å². The van der Waals surface area contributed by atoms with E-state index in [0.717, 1.165) is 0 Å². The van der Waals surface area contributed by atoms with Gasteiger partial charge in [-0.1, -0.05) is 12.1 Å². The number of hydrogen-bond acceptors (Lipinski definition) is 4. The van der Waals surface area contributed by atoms with E-state index in [1.807, 2.05) is 6.92 Å². The molecule has 0 saturated heterocycles. The van der Waals surface area contributed by atoms with Gasteiger partial charge in [0.05, 0.1) is 5.56 Å². The number of nitrogens with one attached hydrogen (secondary N) is 1. The van der Waals surface area contributed by atoms with Gasteiger partial charge in [0.25, 0.3) is 0 Å². The first-order valence-electron chi connectivity index (χ1n) is 5.94. The number of para-hydroxylation sites is 1. The van der Waals surface area contributed by atoms with E-state index in [4.69, 9.17) is 4.74 Å². The summed E-state index contributed by atoms with van der Waals surface area (Å²) >= 11 is 0. The molecule has 1 aromatic carbocycles. The third kappa shape index (κ3) is 2.30. The van der Waals surface area contributed by atoms with Crippen molar-refractivity contribution in [1.82, 2.24) is 5.32 Å². The maximum Gasteiger partial charge on any atom is 0.248 e. The number of nitrogens with zero attached hydrogens (tertiary/aromatic N) is 1. The van der Waals surface area contributed by atoms with E-state index >= 15 is 0 Å². The van der Waals surface area contributed by atoms with Crippen LogP contribution in [0.4, 0.5) is 0 Å². The molecule has 0 fully saturated rings. The predicted molar refractivity (Wildman–Crippen MR) is 67.7 cm³/mol. The summed E-state index contributed by atoms with van der Waals surface area (Å²) < 4.78 is 5.54. The lowest BCUT2D eigenvalue weighted by Gasteiger charge is -2.11. The SMILES string of the molecule is CCNC(=O)[C@H]1N=C(c2ccccc2O)O[C@H]1C. The van der Waals surface area contributed by atoms with E-state index in [0.29, 0.717) is 18.0 Å². The monoisotopic (exact) mass is 248 g/mol. The van der Waals surface area contributed by atoms with Crippen LogP contribution in [0, 0.1) is 0 Å². The zero-order chi connectivity index (χ0) is 13.1. The molecule has 5 heteroatoms. The fourth-order valence-electron chi connectivity index (χ4n) is 1.84. The molecule has 0 spiro atoms. The zero-order valence-corrected chi connectivity index (χ0v) is 10.4. The smallest absolute Gasteiger partial charge is 0.248 e. The molecule has 0 saturated carbocycles. The van der Waals surface area contributed by atoms with Gasteiger partial charge in [-0.25, -0.2) is 4.99 Å². The maximum atomic E-state index is 11.8. The van der Waals surface area contributed by atoms with Crippen LogP contribution in [0.1, 0.15) is 19.4 Å². The Morgan fingerprint density at radius 2 is 2.22 bits per heavy atom. The molecule has 18 heavy (non-hydrogen) atoms. The summed E-state index contributed by atoms with van der Waals surface area (Å²) in [5.41, 5.74) is 0.510. The molecule has 0 bridgehead atoms. The van der Waals surface area contributed by atoms with Gasteiger partial charge >= 0.3 is 0 Å². The van der Waals surface area contributed by atoms with Crippen molar-refractivity contribution in [3.63, 3.8) is 0 Å². The van der Waals surface area contributed by atoms with Crippen LogP contribution in [-0.4, -0.2) is 35.6 Å². The van der Waals surface area contributed by atoms with Crippen molar-refractivity contribution in [1.29, 1.82) is 0 Å². The van der Waals surface area contributed by atoms with Crippen LogP contribution in [0.25, 0.3) is 0 Å². The minimum absolute atomic E-state index is 0.0972. The van der Waals surface area contributed by atoms with Crippen LogP contribution in [0.3, 0.4) is 0 Å². The van der Waals surface area contributed by atoms with Crippen molar-refractivity contribution in [2.45, 2.75) is 26.0 Å². The average Bonchev–Trinajstić information content (AvgIpc) is 2.72. The van der Waals surface area contributed by atoms with Crippen molar-refractivity contribution in [2.75, 3.05) is 6.54 Å². The first-order valence-corrected chi connectivity index (χ1v) is 5.94. The summed E-state index contributed by atoms with van der Waals surface area (Å²) in [5.74, 6) is 0.257. The number of likely N-dealkylation sites (N-methyl/N-ethyl adjacent to an activating group) is 1. The molecule has 0 aromatic heterocycles. The molecule has 96 valence electrons. The Morgan fingerprint density at radius 1 is 1.50 bits per heavy atom. The third-order valence-corrected chi connectivity index (χ3v) is 2.75. The van der Waals surface area contributed by atoms with Crippen molar-refractivity contribution in [3.8, 4) is 5.75 Å². The maximum absolute atomic E-state index is 11.8. The van der Waals surface area contributed by atoms with E-state index in [1.54, 1.807) is 31.2 Å². The Morgan fingerprint density at radius 3 is 2.89 bits per heavy atom. The van der Waals surface area contributed by atoms with Gasteiger partial charge in [0, 0.05) is 6.54 Å². The fraction of sp³-hybridized carbons (Fsp3) is 0.385. The molecule has 0 aliphatic carbocycles. The Labute approximate surface area is 105 Å². The quantitative estimate of drug-likeness (QED) is 0.840. The van der Waals surface area contributed by atoms with Crippen LogP contribution in [0.15, 0.2) is 29.3 Å². The van der Waals surface area contributed by atoms with Crippen molar-refractivity contribution >= 4 is 11.8 Å². The zero-order valence-electron chi connectivity index (χ0n) is 10.4. The molecule has 1 aliphatic heterocycles. The Kier molecular flexibility index (Phi) is 3.50. The van der Waals surface area contributed by atoms with Crippen LogP contribution in [-0.2, 0) is 9.53 Å². The highest BCUT2D eigenvalue weighted by molar-refractivity contribution is 6.00. The minimum Gasteiger partial charge on any atom is -0.507 e. The number of phenolic OH excluding ortho intramolecular Hbond substituents is 1. The van der Waals surface area contributed by atoms with Crippen molar-refractivity contribution in [3.05, 3.63) is 29.8 Å². The molecule has 1 aromatic rings. The summed E-state index contributed by atoms with van der Waals surface area (Å²) in [4.78, 5) is 16.0. The molecule has 1 amide bonds. The molecule has 1 aliphatic rings. The normalized spacial score (nSPS) is 22.2. The highest BCUT2D eigenvalue weighted by Crippen LogP contribution is 2.23. The molecule has 2 rings (SSSR count). The number of aromatic hydroxyl groups is 1. The van der Waals surface area contributed by atoms with Crippen LogP contribution in [0.5, 0.6) is 5.75 Å². The summed E-state index contributed by atoms with van der Waals surface area (Å²) in [5, 5.41) is 12.4. The molecule has 2 atom stereocenters. The summed E-state index contributed by atoms with van der Waals surface area (Å²) in [6.45, 7) is 4.20. The largest absolute Gasteiger partial charge is 0.507 e. The number of ether oxygens (including phenoxy) is 1. The molecule has 0 unspecified atom stereocenters. The van der Waals surface area contributed by atoms with Gasteiger partial charge in [0.15, 0.2) is 6.04 Å². The van der Waals surface area contributed by atoms with Gasteiger partial charge in [-0.15, -0.1) is 0 Å². The first-order chi connectivity index (χ1) is 8.63. The van der Waals surface area contributed by atoms with Gasteiger partial charge < -0.3 is 15.2 Å². The lowest BCUT2D eigenvalue weighted by molar-refractivity contribution is -0.123. The van der Waals surface area contributed by atoms with Gasteiger partial charge in [0.1, 0.15) is 11.9 Å². The lowest BCUT2D eigenvalue weighted by Crippen LogP contribution is -2.38. The van der Waals surface area contributed by atoms with Crippen molar-refractivity contribution < 1.29 is 14.6 Å². The summed E-state index contributed by atoms with van der Waals surface area (Å²) in [6.07, 6.45) is -0.328. The predicted octanol–water partition coefficient (Wildman–Crippen LogP) is 1.06. The number of amides is 1. The van der Waals surface area contributed by atoms with Crippen LogP contribution in [0.2, 0.25) is 0 Å². The standard InChI is InChI=1S/C13H16N2O3/c1-3-14-12(17)11-8(2)18-13(15-11)9-6-4-5-7-10(9)16/h4-8,11,16H,3H2,1-2H3,(H,14,17)/t8-,11-/m0/s1. The van der Waals surface area contributed by atoms with Gasteiger partial charge in [-0.3, -0.25) is 4.79 Å². The molecular formula is C13H16N2O3. The highest BCUT2D eigenvalue weighted by atomic mass is 16.5. The number of hydrogen-bond donors (Lipinski definition) is 2. The van der Waals surface area contributed by atoms with Gasteiger partial charge in [-0.2, -0.15) is 0 Å². The number of aliphatic imine (C=N–C) groups is 1. The lowest BCUT2D eigenvalue weighted by atomic mass is 10.2. The number of carbonyl (C=O) groups is 1. The molecule has 5 nitrogen and oxygen atoms in total. The fourth-order valence-corrected chi connectivity index (χ4v) is 1.84. The number of phenols is 1. The number of benzene rings is 1.